The molecule has 2 N–H and O–H groups in total. The molecule has 0 radical (unpaired) electrons. The first kappa shape index (κ1) is 10.8. The SMILES string of the molecule is CC(C)Oc1ncc(C(=O)Cl)cc1N. The molecule has 0 bridgehead atoms. The Morgan fingerprint density at radius 3 is 2.71 bits per heavy atom. The number of nitrogens with zero attached hydrogens (tertiary/aromatic N) is 1. The van der Waals surface area contributed by atoms with Crippen molar-refractivity contribution < 1.29 is 9.53 Å². The molecule has 1 rings (SSSR count). The molecule has 0 aliphatic rings. The minimum absolute atomic E-state index is 0.0117. The van der Waals surface area contributed by atoms with Crippen LogP contribution in [0.1, 0.15) is 24.2 Å². The summed E-state index contributed by atoms with van der Waals surface area (Å²) in [6.07, 6.45) is 1.33. The highest BCUT2D eigenvalue weighted by atomic mass is 35.5. The van der Waals surface area contributed by atoms with Gasteiger partial charge in [0.2, 0.25) is 5.88 Å². The smallest absolute Gasteiger partial charge is 0.254 e. The van der Waals surface area contributed by atoms with Crippen LogP contribution in [0, 0.1) is 0 Å². The Balaban J connectivity index is 2.95. The van der Waals surface area contributed by atoms with Crippen molar-refractivity contribution in [1.29, 1.82) is 0 Å². The summed E-state index contributed by atoms with van der Waals surface area (Å²) in [5.74, 6) is 0.321. The third kappa shape index (κ3) is 2.60. The molecule has 0 unspecified atom stereocenters. The van der Waals surface area contributed by atoms with Crippen molar-refractivity contribution in [2.45, 2.75) is 20.0 Å². The molecule has 0 saturated carbocycles. The summed E-state index contributed by atoms with van der Waals surface area (Å²) < 4.78 is 5.29. The molecular formula is C9H11ClN2O2. The molecular weight excluding hydrogens is 204 g/mol. The van der Waals surface area contributed by atoms with Crippen LogP contribution in [0.5, 0.6) is 5.88 Å². The Labute approximate surface area is 87.0 Å². The summed E-state index contributed by atoms with van der Waals surface area (Å²) in [5, 5.41) is -0.583. The first-order chi connectivity index (χ1) is 6.50. The van der Waals surface area contributed by atoms with E-state index in [1.807, 2.05) is 13.8 Å². The van der Waals surface area contributed by atoms with Gasteiger partial charge in [-0.1, -0.05) is 0 Å². The maximum Gasteiger partial charge on any atom is 0.254 e. The molecule has 5 heteroatoms. The molecule has 0 fully saturated rings. The number of carbonyl (C=O) groups excluding carboxylic acids is 1. The van der Waals surface area contributed by atoms with E-state index in [1.165, 1.54) is 12.3 Å². The molecule has 1 heterocycles. The summed E-state index contributed by atoms with van der Waals surface area (Å²) in [7, 11) is 0. The van der Waals surface area contributed by atoms with Crippen LogP contribution in [0.25, 0.3) is 0 Å². The van der Waals surface area contributed by atoms with Crippen LogP contribution in [0.2, 0.25) is 0 Å². The topological polar surface area (TPSA) is 65.2 Å². The number of aromatic nitrogens is 1. The third-order valence-corrected chi connectivity index (χ3v) is 1.67. The summed E-state index contributed by atoms with van der Waals surface area (Å²) in [5.41, 5.74) is 6.18. The molecule has 0 aliphatic carbocycles. The van der Waals surface area contributed by atoms with Gasteiger partial charge in [0.05, 0.1) is 17.4 Å². The van der Waals surface area contributed by atoms with Crippen LogP contribution in [0.15, 0.2) is 12.3 Å². The van der Waals surface area contributed by atoms with Crippen molar-refractivity contribution in [2.24, 2.45) is 0 Å². The highest BCUT2D eigenvalue weighted by molar-refractivity contribution is 6.67. The maximum atomic E-state index is 10.8. The highest BCUT2D eigenvalue weighted by Crippen LogP contribution is 2.20. The van der Waals surface area contributed by atoms with Crippen molar-refractivity contribution in [1.82, 2.24) is 4.98 Å². The van der Waals surface area contributed by atoms with Gasteiger partial charge in [0.25, 0.3) is 5.24 Å². The van der Waals surface area contributed by atoms with E-state index in [1.54, 1.807) is 0 Å². The zero-order chi connectivity index (χ0) is 10.7. The fourth-order valence-corrected chi connectivity index (χ4v) is 1.00. The van der Waals surface area contributed by atoms with E-state index in [2.05, 4.69) is 4.98 Å². The van der Waals surface area contributed by atoms with Gasteiger partial charge in [-0.15, -0.1) is 0 Å². The third-order valence-electron chi connectivity index (χ3n) is 1.45. The zero-order valence-electron chi connectivity index (χ0n) is 7.95. The quantitative estimate of drug-likeness (QED) is 0.780. The number of ether oxygens (including phenoxy) is 1. The van der Waals surface area contributed by atoms with E-state index >= 15 is 0 Å². The number of hydrogen-bond donors (Lipinski definition) is 1. The fraction of sp³-hybridized carbons (Fsp3) is 0.333. The normalized spacial score (nSPS) is 10.3. The molecule has 1 aromatic rings. The predicted octanol–water partition coefficient (Wildman–Crippen LogP) is 1.83. The Bertz CT molecular complexity index is 353. The van der Waals surface area contributed by atoms with Gasteiger partial charge in [0.15, 0.2) is 0 Å². The van der Waals surface area contributed by atoms with Crippen molar-refractivity contribution in [3.8, 4) is 5.88 Å². The van der Waals surface area contributed by atoms with Crippen LogP contribution in [-0.2, 0) is 0 Å². The van der Waals surface area contributed by atoms with Gasteiger partial charge in [-0.25, -0.2) is 4.98 Å². The molecule has 0 atom stereocenters. The van der Waals surface area contributed by atoms with Crippen LogP contribution < -0.4 is 10.5 Å². The number of nitrogen functional groups attached to an aromatic ring is 1. The molecule has 4 nitrogen and oxygen atoms in total. The standard InChI is InChI=1S/C9H11ClN2O2/c1-5(2)14-9-7(11)3-6(4-12-9)8(10)13/h3-5H,11H2,1-2H3. The van der Waals surface area contributed by atoms with Crippen molar-refractivity contribution in [2.75, 3.05) is 5.73 Å². The van der Waals surface area contributed by atoms with Gasteiger partial charge >= 0.3 is 0 Å². The van der Waals surface area contributed by atoms with E-state index in [0.717, 1.165) is 0 Å². The molecule has 76 valence electrons. The molecule has 14 heavy (non-hydrogen) atoms. The minimum Gasteiger partial charge on any atom is -0.473 e. The molecule has 1 aromatic heterocycles. The number of halogens is 1. The number of carbonyl (C=O) groups is 1. The van der Waals surface area contributed by atoms with E-state index in [0.29, 0.717) is 11.6 Å². The lowest BCUT2D eigenvalue weighted by atomic mass is 10.3. The maximum absolute atomic E-state index is 10.8. The first-order valence-electron chi connectivity index (χ1n) is 4.12. The Morgan fingerprint density at radius 1 is 1.64 bits per heavy atom. The molecule has 0 aliphatic heterocycles. The predicted molar refractivity (Wildman–Crippen MR) is 54.6 cm³/mol. The van der Waals surface area contributed by atoms with Crippen LogP contribution >= 0.6 is 11.6 Å². The van der Waals surface area contributed by atoms with E-state index in [4.69, 9.17) is 22.1 Å². The number of anilines is 1. The zero-order valence-corrected chi connectivity index (χ0v) is 8.71. The van der Waals surface area contributed by atoms with Gasteiger partial charge in [-0.2, -0.15) is 0 Å². The summed E-state index contributed by atoms with van der Waals surface area (Å²) >= 11 is 5.26. The van der Waals surface area contributed by atoms with Crippen molar-refractivity contribution in [3.63, 3.8) is 0 Å². The Morgan fingerprint density at radius 2 is 2.29 bits per heavy atom. The second-order valence-electron chi connectivity index (χ2n) is 3.06. The lowest BCUT2D eigenvalue weighted by Crippen LogP contribution is -2.09. The number of hydrogen-bond acceptors (Lipinski definition) is 4. The second-order valence-corrected chi connectivity index (χ2v) is 3.40. The monoisotopic (exact) mass is 214 g/mol. The van der Waals surface area contributed by atoms with Gasteiger partial charge in [-0.3, -0.25) is 4.79 Å². The molecule has 0 saturated heterocycles. The van der Waals surface area contributed by atoms with E-state index in [9.17, 15) is 4.79 Å². The second kappa shape index (κ2) is 4.28. The number of nitrogens with two attached hydrogens (primary N) is 1. The first-order valence-corrected chi connectivity index (χ1v) is 4.50. The van der Waals surface area contributed by atoms with E-state index in [-0.39, 0.29) is 11.7 Å². The van der Waals surface area contributed by atoms with E-state index < -0.39 is 5.24 Å². The average molecular weight is 215 g/mol. The van der Waals surface area contributed by atoms with Crippen LogP contribution in [-0.4, -0.2) is 16.3 Å². The molecule has 0 amide bonds. The Kier molecular flexibility index (Phi) is 3.30. The van der Waals surface area contributed by atoms with Crippen LogP contribution in [0.3, 0.4) is 0 Å². The average Bonchev–Trinajstić information content (AvgIpc) is 2.07. The van der Waals surface area contributed by atoms with Crippen LogP contribution in [0.4, 0.5) is 5.69 Å². The van der Waals surface area contributed by atoms with Crippen molar-refractivity contribution in [3.05, 3.63) is 17.8 Å². The largest absolute Gasteiger partial charge is 0.473 e. The fourth-order valence-electron chi connectivity index (χ4n) is 0.898. The number of pyridine rings is 1. The molecule has 0 spiro atoms. The lowest BCUT2D eigenvalue weighted by molar-refractivity contribution is 0.108. The van der Waals surface area contributed by atoms with Gasteiger partial charge in [0.1, 0.15) is 0 Å². The Hall–Kier alpha value is -1.29. The lowest BCUT2D eigenvalue weighted by Gasteiger charge is -2.10. The van der Waals surface area contributed by atoms with Gasteiger partial charge in [-0.05, 0) is 31.5 Å². The van der Waals surface area contributed by atoms with Gasteiger partial charge < -0.3 is 10.5 Å². The van der Waals surface area contributed by atoms with Crippen molar-refractivity contribution >= 4 is 22.5 Å². The summed E-state index contributed by atoms with van der Waals surface area (Å²) in [6, 6.07) is 1.44. The highest BCUT2D eigenvalue weighted by Gasteiger charge is 2.08. The minimum atomic E-state index is -0.583. The molecule has 0 aromatic carbocycles. The summed E-state index contributed by atoms with van der Waals surface area (Å²) in [6.45, 7) is 3.73. The van der Waals surface area contributed by atoms with Gasteiger partial charge in [0, 0.05) is 6.20 Å². The number of rotatable bonds is 3. The summed E-state index contributed by atoms with van der Waals surface area (Å²) in [4.78, 5) is 14.6.